The maximum absolute atomic E-state index is 11.5. The molecule has 0 aliphatic carbocycles. The quantitative estimate of drug-likeness (QED) is 0.752. The van der Waals surface area contributed by atoms with Gasteiger partial charge in [-0.15, -0.1) is 0 Å². The number of rotatable bonds is 7. The normalized spacial score (nSPS) is 10.2. The van der Waals surface area contributed by atoms with Gasteiger partial charge in [-0.05, 0) is 24.5 Å². The molecule has 1 amide bonds. The van der Waals surface area contributed by atoms with Crippen molar-refractivity contribution in [3.63, 3.8) is 0 Å². The number of hydrogen-bond donors (Lipinski definition) is 1. The molecule has 0 heterocycles. The topological polar surface area (TPSA) is 55.4 Å². The average molecular weight is 249 g/mol. The Bertz CT molecular complexity index is 402. The third kappa shape index (κ3) is 4.99. The van der Waals surface area contributed by atoms with Gasteiger partial charge in [-0.1, -0.05) is 26.0 Å². The minimum Gasteiger partial charge on any atom is -0.483 e. The average Bonchev–Trinajstić information content (AvgIpc) is 2.36. The molecule has 1 N–H and O–H groups in total. The standard InChI is InChI=1S/C14H19NO3/c1-11(2)7-8-15-14(17)10-18-13-6-4-3-5-12(13)9-16/h3-6,9,11H,7-8,10H2,1-2H3,(H,15,17). The monoisotopic (exact) mass is 249 g/mol. The number of para-hydroxylation sites is 1. The van der Waals surface area contributed by atoms with E-state index >= 15 is 0 Å². The Morgan fingerprint density at radius 1 is 1.39 bits per heavy atom. The molecule has 0 radical (unpaired) electrons. The smallest absolute Gasteiger partial charge is 0.257 e. The van der Waals surface area contributed by atoms with Crippen LogP contribution in [0.3, 0.4) is 0 Å². The van der Waals surface area contributed by atoms with E-state index in [-0.39, 0.29) is 12.5 Å². The highest BCUT2D eigenvalue weighted by molar-refractivity contribution is 5.80. The molecule has 0 atom stereocenters. The molecule has 0 saturated heterocycles. The third-order valence-electron chi connectivity index (χ3n) is 2.45. The predicted octanol–water partition coefficient (Wildman–Crippen LogP) is 2.04. The van der Waals surface area contributed by atoms with E-state index in [1.54, 1.807) is 24.3 Å². The van der Waals surface area contributed by atoms with E-state index in [2.05, 4.69) is 19.2 Å². The van der Waals surface area contributed by atoms with Crippen molar-refractivity contribution in [2.45, 2.75) is 20.3 Å². The van der Waals surface area contributed by atoms with Crippen molar-refractivity contribution in [2.24, 2.45) is 5.92 Å². The fraction of sp³-hybridized carbons (Fsp3) is 0.429. The van der Waals surface area contributed by atoms with Crippen LogP contribution in [0, 0.1) is 5.92 Å². The molecule has 0 aromatic heterocycles. The van der Waals surface area contributed by atoms with Crippen molar-refractivity contribution in [1.29, 1.82) is 0 Å². The summed E-state index contributed by atoms with van der Waals surface area (Å²) in [6, 6.07) is 6.84. The van der Waals surface area contributed by atoms with Crippen LogP contribution in [0.15, 0.2) is 24.3 Å². The van der Waals surface area contributed by atoms with Crippen LogP contribution >= 0.6 is 0 Å². The van der Waals surface area contributed by atoms with Gasteiger partial charge in [0.1, 0.15) is 5.75 Å². The van der Waals surface area contributed by atoms with Crippen LogP contribution in [0.25, 0.3) is 0 Å². The first-order valence-electron chi connectivity index (χ1n) is 6.07. The fourth-order valence-corrected chi connectivity index (χ4v) is 1.40. The SMILES string of the molecule is CC(C)CCNC(=O)COc1ccccc1C=O. The van der Waals surface area contributed by atoms with Crippen LogP contribution in [0.5, 0.6) is 5.75 Å². The van der Waals surface area contributed by atoms with Crippen LogP contribution in [-0.4, -0.2) is 25.3 Å². The molecule has 18 heavy (non-hydrogen) atoms. The molecule has 0 spiro atoms. The molecule has 0 aliphatic rings. The zero-order chi connectivity index (χ0) is 13.4. The van der Waals surface area contributed by atoms with E-state index in [1.807, 2.05) is 0 Å². The Morgan fingerprint density at radius 2 is 2.11 bits per heavy atom. The van der Waals surface area contributed by atoms with Crippen LogP contribution in [0.1, 0.15) is 30.6 Å². The molecule has 4 heteroatoms. The van der Waals surface area contributed by atoms with Gasteiger partial charge in [-0.2, -0.15) is 0 Å². The number of carbonyl (C=O) groups excluding carboxylic acids is 2. The van der Waals surface area contributed by atoms with Gasteiger partial charge in [0.15, 0.2) is 12.9 Å². The van der Waals surface area contributed by atoms with Gasteiger partial charge < -0.3 is 10.1 Å². The predicted molar refractivity (Wildman–Crippen MR) is 69.8 cm³/mol. The maximum atomic E-state index is 11.5. The highest BCUT2D eigenvalue weighted by atomic mass is 16.5. The highest BCUT2D eigenvalue weighted by Crippen LogP contribution is 2.15. The van der Waals surface area contributed by atoms with Gasteiger partial charge in [-0.3, -0.25) is 9.59 Å². The van der Waals surface area contributed by atoms with Crippen molar-refractivity contribution >= 4 is 12.2 Å². The number of hydrogen-bond acceptors (Lipinski definition) is 3. The number of aldehydes is 1. The maximum Gasteiger partial charge on any atom is 0.257 e. The Kier molecular flexibility index (Phi) is 5.91. The molecule has 1 aromatic carbocycles. The van der Waals surface area contributed by atoms with Crippen molar-refractivity contribution < 1.29 is 14.3 Å². The summed E-state index contributed by atoms with van der Waals surface area (Å²) in [4.78, 5) is 22.2. The van der Waals surface area contributed by atoms with Crippen LogP contribution in [0.2, 0.25) is 0 Å². The second-order valence-corrected chi connectivity index (χ2v) is 4.48. The minimum absolute atomic E-state index is 0.0665. The van der Waals surface area contributed by atoms with Gasteiger partial charge in [0, 0.05) is 6.54 Å². The Balaban J connectivity index is 2.36. The number of carbonyl (C=O) groups is 2. The number of ether oxygens (including phenoxy) is 1. The molecule has 0 unspecified atom stereocenters. The van der Waals surface area contributed by atoms with Gasteiger partial charge >= 0.3 is 0 Å². The molecule has 4 nitrogen and oxygen atoms in total. The van der Waals surface area contributed by atoms with Crippen molar-refractivity contribution in [3.8, 4) is 5.75 Å². The zero-order valence-corrected chi connectivity index (χ0v) is 10.8. The van der Waals surface area contributed by atoms with Crippen LogP contribution in [-0.2, 0) is 4.79 Å². The molecule has 0 aliphatic heterocycles. The summed E-state index contributed by atoms with van der Waals surface area (Å²) in [5.41, 5.74) is 0.451. The summed E-state index contributed by atoms with van der Waals surface area (Å²) in [5, 5.41) is 2.77. The summed E-state index contributed by atoms with van der Waals surface area (Å²) in [6.45, 7) is 4.78. The second-order valence-electron chi connectivity index (χ2n) is 4.48. The summed E-state index contributed by atoms with van der Waals surface area (Å²) in [5.74, 6) is 0.824. The lowest BCUT2D eigenvalue weighted by molar-refractivity contribution is -0.123. The largest absolute Gasteiger partial charge is 0.483 e. The van der Waals surface area contributed by atoms with E-state index in [0.717, 1.165) is 6.42 Å². The van der Waals surface area contributed by atoms with E-state index < -0.39 is 0 Å². The first kappa shape index (κ1) is 14.2. The molecule has 1 rings (SSSR count). The number of benzene rings is 1. The number of nitrogens with one attached hydrogen (secondary N) is 1. The molecular formula is C14H19NO3. The lowest BCUT2D eigenvalue weighted by Crippen LogP contribution is -2.30. The summed E-state index contributed by atoms with van der Waals surface area (Å²) in [6.07, 6.45) is 1.66. The van der Waals surface area contributed by atoms with Gasteiger partial charge in [-0.25, -0.2) is 0 Å². The Hall–Kier alpha value is -1.84. The number of amides is 1. The highest BCUT2D eigenvalue weighted by Gasteiger charge is 2.05. The van der Waals surface area contributed by atoms with E-state index in [9.17, 15) is 9.59 Å². The Morgan fingerprint density at radius 3 is 2.78 bits per heavy atom. The first-order valence-corrected chi connectivity index (χ1v) is 6.07. The van der Waals surface area contributed by atoms with Crippen molar-refractivity contribution in [2.75, 3.05) is 13.2 Å². The van der Waals surface area contributed by atoms with Crippen molar-refractivity contribution in [3.05, 3.63) is 29.8 Å². The molecule has 0 fully saturated rings. The van der Waals surface area contributed by atoms with E-state index in [4.69, 9.17) is 4.74 Å². The minimum atomic E-state index is -0.170. The third-order valence-corrected chi connectivity index (χ3v) is 2.45. The zero-order valence-electron chi connectivity index (χ0n) is 10.8. The van der Waals surface area contributed by atoms with E-state index in [1.165, 1.54) is 0 Å². The lowest BCUT2D eigenvalue weighted by atomic mass is 10.1. The van der Waals surface area contributed by atoms with Gasteiger partial charge in [0.2, 0.25) is 0 Å². The van der Waals surface area contributed by atoms with Crippen LogP contribution in [0.4, 0.5) is 0 Å². The molecular weight excluding hydrogens is 230 g/mol. The summed E-state index contributed by atoms with van der Waals surface area (Å²) in [7, 11) is 0. The Labute approximate surface area is 107 Å². The molecule has 0 saturated carbocycles. The van der Waals surface area contributed by atoms with Crippen molar-refractivity contribution in [1.82, 2.24) is 5.32 Å². The van der Waals surface area contributed by atoms with Gasteiger partial charge in [0.05, 0.1) is 5.56 Å². The fourth-order valence-electron chi connectivity index (χ4n) is 1.40. The first-order chi connectivity index (χ1) is 8.63. The second kappa shape index (κ2) is 7.48. The van der Waals surface area contributed by atoms with Gasteiger partial charge in [0.25, 0.3) is 5.91 Å². The summed E-state index contributed by atoms with van der Waals surface area (Å²) < 4.78 is 5.30. The van der Waals surface area contributed by atoms with E-state index in [0.29, 0.717) is 30.1 Å². The molecule has 98 valence electrons. The molecule has 1 aromatic rings. The van der Waals surface area contributed by atoms with Crippen LogP contribution < -0.4 is 10.1 Å². The molecule has 0 bridgehead atoms. The summed E-state index contributed by atoms with van der Waals surface area (Å²) >= 11 is 0. The lowest BCUT2D eigenvalue weighted by Gasteiger charge is -2.09.